The third-order valence-corrected chi connectivity index (χ3v) is 2.20. The maximum atomic E-state index is 13.2. The molecular formula is C11H15FN2O2. The highest BCUT2D eigenvalue weighted by molar-refractivity contribution is 5.79. The average Bonchev–Trinajstić information content (AvgIpc) is 2.31. The number of carbonyl (C=O) groups is 1. The Morgan fingerprint density at radius 3 is 2.81 bits per heavy atom. The minimum Gasteiger partial charge on any atom is -0.364 e. The molecule has 5 heteroatoms. The van der Waals surface area contributed by atoms with Crippen LogP contribution in [0.3, 0.4) is 0 Å². The zero-order chi connectivity index (χ0) is 12.0. The van der Waals surface area contributed by atoms with Crippen molar-refractivity contribution < 1.29 is 13.9 Å². The van der Waals surface area contributed by atoms with Crippen molar-refractivity contribution in [2.75, 3.05) is 0 Å². The van der Waals surface area contributed by atoms with E-state index in [0.717, 1.165) is 0 Å². The third-order valence-electron chi connectivity index (χ3n) is 2.20. The van der Waals surface area contributed by atoms with Crippen LogP contribution in [0.4, 0.5) is 4.39 Å². The van der Waals surface area contributed by atoms with Crippen molar-refractivity contribution in [2.45, 2.75) is 26.1 Å². The molecule has 0 saturated carbocycles. The van der Waals surface area contributed by atoms with E-state index in [1.165, 1.54) is 6.07 Å². The normalized spacial score (nSPS) is 12.2. The quantitative estimate of drug-likeness (QED) is 0.449. The molecule has 1 unspecified atom stereocenters. The van der Waals surface area contributed by atoms with Crippen molar-refractivity contribution >= 4 is 5.91 Å². The summed E-state index contributed by atoms with van der Waals surface area (Å²) < 4.78 is 18.5. The minimum atomic E-state index is -0.649. The van der Waals surface area contributed by atoms with Crippen molar-refractivity contribution in [1.29, 1.82) is 0 Å². The average molecular weight is 226 g/mol. The SMILES string of the molecule is CCC(OCc1ccccc1F)C(=O)NN. The molecule has 3 N–H and O–H groups in total. The van der Waals surface area contributed by atoms with E-state index in [4.69, 9.17) is 10.6 Å². The van der Waals surface area contributed by atoms with Gasteiger partial charge >= 0.3 is 0 Å². The number of hydrogen-bond donors (Lipinski definition) is 2. The molecule has 1 rings (SSSR count). The van der Waals surface area contributed by atoms with Gasteiger partial charge in [0.2, 0.25) is 0 Å². The predicted molar refractivity (Wildman–Crippen MR) is 57.6 cm³/mol. The second kappa shape index (κ2) is 6.19. The number of benzene rings is 1. The Morgan fingerprint density at radius 1 is 1.56 bits per heavy atom. The number of halogens is 1. The second-order valence-electron chi connectivity index (χ2n) is 3.31. The number of hydrogen-bond acceptors (Lipinski definition) is 3. The van der Waals surface area contributed by atoms with Gasteiger partial charge in [0.05, 0.1) is 6.61 Å². The van der Waals surface area contributed by atoms with Gasteiger partial charge in [-0.2, -0.15) is 0 Å². The number of amides is 1. The van der Waals surface area contributed by atoms with E-state index >= 15 is 0 Å². The van der Waals surface area contributed by atoms with Gasteiger partial charge in [-0.25, -0.2) is 10.2 Å². The summed E-state index contributed by atoms with van der Waals surface area (Å²) in [6, 6.07) is 6.28. The molecule has 0 spiro atoms. The van der Waals surface area contributed by atoms with Gasteiger partial charge in [0, 0.05) is 5.56 Å². The first-order valence-electron chi connectivity index (χ1n) is 5.04. The van der Waals surface area contributed by atoms with E-state index in [1.54, 1.807) is 25.1 Å². The highest BCUT2D eigenvalue weighted by Gasteiger charge is 2.16. The molecule has 88 valence electrons. The van der Waals surface area contributed by atoms with Gasteiger partial charge in [-0.3, -0.25) is 10.2 Å². The Morgan fingerprint density at radius 2 is 2.25 bits per heavy atom. The van der Waals surface area contributed by atoms with Crippen molar-refractivity contribution in [1.82, 2.24) is 5.43 Å². The summed E-state index contributed by atoms with van der Waals surface area (Å²) in [6.45, 7) is 1.85. The highest BCUT2D eigenvalue weighted by Crippen LogP contribution is 2.10. The topological polar surface area (TPSA) is 64.3 Å². The van der Waals surface area contributed by atoms with Crippen LogP contribution in [0.1, 0.15) is 18.9 Å². The van der Waals surface area contributed by atoms with Crippen molar-refractivity contribution in [3.63, 3.8) is 0 Å². The fourth-order valence-corrected chi connectivity index (χ4v) is 1.28. The van der Waals surface area contributed by atoms with Crippen molar-refractivity contribution in [2.24, 2.45) is 5.84 Å². The molecule has 1 aromatic carbocycles. The molecule has 1 aromatic rings. The van der Waals surface area contributed by atoms with E-state index in [0.29, 0.717) is 12.0 Å². The molecule has 0 aromatic heterocycles. The van der Waals surface area contributed by atoms with Crippen LogP contribution in [-0.4, -0.2) is 12.0 Å². The lowest BCUT2D eigenvalue weighted by Crippen LogP contribution is -2.40. The first-order chi connectivity index (χ1) is 7.69. The fraction of sp³-hybridized carbons (Fsp3) is 0.364. The lowest BCUT2D eigenvalue weighted by molar-refractivity contribution is -0.134. The van der Waals surface area contributed by atoms with Crippen molar-refractivity contribution in [3.8, 4) is 0 Å². The van der Waals surface area contributed by atoms with E-state index in [9.17, 15) is 9.18 Å². The summed E-state index contributed by atoms with van der Waals surface area (Å²) in [4.78, 5) is 11.2. The summed E-state index contributed by atoms with van der Waals surface area (Å²) in [5.41, 5.74) is 2.43. The van der Waals surface area contributed by atoms with Crippen molar-refractivity contribution in [3.05, 3.63) is 35.6 Å². The van der Waals surface area contributed by atoms with Crippen LogP contribution in [0.2, 0.25) is 0 Å². The van der Waals surface area contributed by atoms with Crippen LogP contribution >= 0.6 is 0 Å². The van der Waals surface area contributed by atoms with Gasteiger partial charge in [0.15, 0.2) is 0 Å². The first-order valence-corrected chi connectivity index (χ1v) is 5.04. The number of carbonyl (C=O) groups excluding carboxylic acids is 1. The summed E-state index contributed by atoms with van der Waals surface area (Å²) in [5, 5.41) is 0. The maximum absolute atomic E-state index is 13.2. The Labute approximate surface area is 93.6 Å². The summed E-state index contributed by atoms with van der Waals surface area (Å²) in [7, 11) is 0. The molecule has 0 radical (unpaired) electrons. The molecule has 0 bridgehead atoms. The highest BCUT2D eigenvalue weighted by atomic mass is 19.1. The Bertz CT molecular complexity index is 358. The first kappa shape index (κ1) is 12.6. The van der Waals surface area contributed by atoms with Crippen LogP contribution in [0.5, 0.6) is 0 Å². The molecule has 4 nitrogen and oxygen atoms in total. The number of nitrogens with two attached hydrogens (primary N) is 1. The largest absolute Gasteiger partial charge is 0.364 e. The van der Waals surface area contributed by atoms with Crippen LogP contribution in [-0.2, 0) is 16.1 Å². The van der Waals surface area contributed by atoms with E-state index in [2.05, 4.69) is 0 Å². The van der Waals surface area contributed by atoms with Crippen LogP contribution in [0.15, 0.2) is 24.3 Å². The molecule has 0 fully saturated rings. The Kier molecular flexibility index (Phi) is 4.88. The summed E-state index contributed by atoms with van der Waals surface area (Å²) in [6.07, 6.45) is -0.165. The third kappa shape index (κ3) is 3.29. The van der Waals surface area contributed by atoms with E-state index < -0.39 is 12.0 Å². The van der Waals surface area contributed by atoms with Crippen LogP contribution in [0, 0.1) is 5.82 Å². The van der Waals surface area contributed by atoms with Gasteiger partial charge in [0.1, 0.15) is 11.9 Å². The molecule has 0 heterocycles. The Balaban J connectivity index is 2.56. The van der Waals surface area contributed by atoms with Gasteiger partial charge in [-0.15, -0.1) is 0 Å². The van der Waals surface area contributed by atoms with Gasteiger partial charge in [-0.1, -0.05) is 25.1 Å². The van der Waals surface area contributed by atoms with Gasteiger partial charge in [-0.05, 0) is 12.5 Å². The molecule has 0 aliphatic heterocycles. The van der Waals surface area contributed by atoms with Crippen LogP contribution in [0.25, 0.3) is 0 Å². The fourth-order valence-electron chi connectivity index (χ4n) is 1.28. The smallest absolute Gasteiger partial charge is 0.262 e. The number of hydrazine groups is 1. The molecular weight excluding hydrogens is 211 g/mol. The molecule has 0 aliphatic rings. The van der Waals surface area contributed by atoms with Gasteiger partial charge < -0.3 is 4.74 Å². The number of ether oxygens (including phenoxy) is 1. The molecule has 1 atom stereocenters. The van der Waals surface area contributed by atoms with Crippen LogP contribution < -0.4 is 11.3 Å². The zero-order valence-electron chi connectivity index (χ0n) is 9.07. The maximum Gasteiger partial charge on any atom is 0.262 e. The lowest BCUT2D eigenvalue weighted by Gasteiger charge is -2.14. The molecule has 1 amide bonds. The monoisotopic (exact) mass is 226 g/mol. The van der Waals surface area contributed by atoms with E-state index in [1.807, 2.05) is 5.43 Å². The predicted octanol–water partition coefficient (Wildman–Crippen LogP) is 1.11. The number of rotatable bonds is 5. The minimum absolute atomic E-state index is 0.0542. The molecule has 16 heavy (non-hydrogen) atoms. The Hall–Kier alpha value is -1.46. The standard InChI is InChI=1S/C11H15FN2O2/c1-2-10(11(15)14-13)16-7-8-5-3-4-6-9(8)12/h3-6,10H,2,7,13H2,1H3,(H,14,15). The zero-order valence-corrected chi connectivity index (χ0v) is 9.07. The second-order valence-corrected chi connectivity index (χ2v) is 3.31. The van der Waals surface area contributed by atoms with Gasteiger partial charge in [0.25, 0.3) is 5.91 Å². The summed E-state index contributed by atoms with van der Waals surface area (Å²) >= 11 is 0. The van der Waals surface area contributed by atoms with E-state index in [-0.39, 0.29) is 12.4 Å². The molecule has 0 aliphatic carbocycles. The lowest BCUT2D eigenvalue weighted by atomic mass is 10.2. The summed E-state index contributed by atoms with van der Waals surface area (Å²) in [5.74, 6) is 4.25. The number of nitrogens with one attached hydrogen (secondary N) is 1. The molecule has 0 saturated heterocycles.